The van der Waals surface area contributed by atoms with Crippen LogP contribution in [0.3, 0.4) is 0 Å². The molecule has 5 nitrogen and oxygen atoms in total. The molecule has 6 heteroatoms. The van der Waals surface area contributed by atoms with Crippen LogP contribution in [0.2, 0.25) is 0 Å². The molecule has 0 unspecified atom stereocenters. The Morgan fingerprint density at radius 1 is 1.17 bits per heavy atom. The van der Waals surface area contributed by atoms with Crippen LogP contribution >= 0.6 is 15.9 Å². The molecule has 0 radical (unpaired) electrons. The molecule has 118 valence electrons. The zero-order valence-electron chi connectivity index (χ0n) is 12.6. The minimum atomic E-state index is -0.943. The number of hydrogen-bond acceptors (Lipinski definition) is 3. The van der Waals surface area contributed by atoms with E-state index in [0.717, 1.165) is 4.47 Å². The molecule has 1 aliphatic heterocycles. The fraction of sp³-hybridized carbons (Fsp3) is 0.176. The molecule has 2 N–H and O–H groups in total. The first-order valence-electron chi connectivity index (χ1n) is 7.07. The van der Waals surface area contributed by atoms with Crippen LogP contribution in [0.5, 0.6) is 5.75 Å². The maximum Gasteiger partial charge on any atom is 0.268 e. The Balaban J connectivity index is 1.89. The van der Waals surface area contributed by atoms with Crippen molar-refractivity contribution in [2.45, 2.75) is 19.4 Å². The Bertz CT molecular complexity index is 785. The van der Waals surface area contributed by atoms with Crippen LogP contribution in [0.4, 0.5) is 11.4 Å². The number of benzene rings is 2. The van der Waals surface area contributed by atoms with Gasteiger partial charge in [0.2, 0.25) is 0 Å². The molecule has 0 saturated carbocycles. The minimum Gasteiger partial charge on any atom is -0.476 e. The van der Waals surface area contributed by atoms with Crippen molar-refractivity contribution < 1.29 is 14.3 Å². The SMILES string of the molecule is CC1(C)Oc2cccc(NC(=O)c3ccc(Br)cc3)c2NC1=O. The van der Waals surface area contributed by atoms with Gasteiger partial charge in [0.1, 0.15) is 11.4 Å². The quantitative estimate of drug-likeness (QED) is 0.839. The first kappa shape index (κ1) is 15.6. The van der Waals surface area contributed by atoms with E-state index in [1.807, 2.05) is 0 Å². The van der Waals surface area contributed by atoms with Gasteiger partial charge in [-0.3, -0.25) is 9.59 Å². The monoisotopic (exact) mass is 374 g/mol. The van der Waals surface area contributed by atoms with E-state index in [9.17, 15) is 9.59 Å². The lowest BCUT2D eigenvalue weighted by atomic mass is 10.1. The minimum absolute atomic E-state index is 0.254. The summed E-state index contributed by atoms with van der Waals surface area (Å²) in [5, 5.41) is 5.60. The zero-order valence-corrected chi connectivity index (χ0v) is 14.2. The molecule has 0 fully saturated rings. The number of hydrogen-bond donors (Lipinski definition) is 2. The third kappa shape index (κ3) is 3.07. The lowest BCUT2D eigenvalue weighted by Gasteiger charge is -2.32. The summed E-state index contributed by atoms with van der Waals surface area (Å²) in [6.45, 7) is 3.39. The van der Waals surface area contributed by atoms with E-state index in [-0.39, 0.29) is 11.8 Å². The van der Waals surface area contributed by atoms with E-state index in [1.54, 1.807) is 56.3 Å². The molecule has 0 saturated heterocycles. The molecule has 0 spiro atoms. The van der Waals surface area contributed by atoms with Gasteiger partial charge in [-0.15, -0.1) is 0 Å². The molecule has 0 aliphatic carbocycles. The van der Waals surface area contributed by atoms with Crippen molar-refractivity contribution in [1.82, 2.24) is 0 Å². The number of amides is 2. The normalized spacial score (nSPS) is 15.2. The van der Waals surface area contributed by atoms with Gasteiger partial charge < -0.3 is 15.4 Å². The summed E-state index contributed by atoms with van der Waals surface area (Å²) in [4.78, 5) is 24.4. The van der Waals surface area contributed by atoms with E-state index >= 15 is 0 Å². The van der Waals surface area contributed by atoms with E-state index < -0.39 is 5.60 Å². The van der Waals surface area contributed by atoms with Gasteiger partial charge in [0.15, 0.2) is 5.60 Å². The smallest absolute Gasteiger partial charge is 0.268 e. The van der Waals surface area contributed by atoms with Crippen LogP contribution in [-0.4, -0.2) is 17.4 Å². The lowest BCUT2D eigenvalue weighted by Crippen LogP contribution is -2.45. The predicted molar refractivity (Wildman–Crippen MR) is 91.9 cm³/mol. The summed E-state index contributed by atoms with van der Waals surface area (Å²) < 4.78 is 6.60. The highest BCUT2D eigenvalue weighted by atomic mass is 79.9. The van der Waals surface area contributed by atoms with Crippen LogP contribution in [-0.2, 0) is 4.79 Å². The van der Waals surface area contributed by atoms with Crippen LogP contribution in [0.15, 0.2) is 46.9 Å². The van der Waals surface area contributed by atoms with Gasteiger partial charge in [0.25, 0.3) is 11.8 Å². The van der Waals surface area contributed by atoms with Crippen molar-refractivity contribution >= 4 is 39.1 Å². The van der Waals surface area contributed by atoms with Crippen molar-refractivity contribution in [2.24, 2.45) is 0 Å². The second-order valence-electron chi connectivity index (χ2n) is 5.71. The van der Waals surface area contributed by atoms with Crippen molar-refractivity contribution in [1.29, 1.82) is 0 Å². The first-order chi connectivity index (χ1) is 10.9. The van der Waals surface area contributed by atoms with E-state index in [0.29, 0.717) is 22.7 Å². The number of halogens is 1. The number of para-hydroxylation sites is 1. The summed E-state index contributed by atoms with van der Waals surface area (Å²) in [5.74, 6) is 0.0172. The predicted octanol–water partition coefficient (Wildman–Crippen LogP) is 3.81. The topological polar surface area (TPSA) is 67.4 Å². The van der Waals surface area contributed by atoms with Gasteiger partial charge in [-0.25, -0.2) is 0 Å². The standard InChI is InChI=1S/C17H15BrN2O3/c1-17(2)16(22)20-14-12(4-3-5-13(14)23-17)19-15(21)10-6-8-11(18)9-7-10/h3-9H,1-2H3,(H,19,21)(H,20,22). The van der Waals surface area contributed by atoms with Gasteiger partial charge in [-0.1, -0.05) is 22.0 Å². The van der Waals surface area contributed by atoms with Crippen LogP contribution in [0, 0.1) is 0 Å². The van der Waals surface area contributed by atoms with Crippen molar-refractivity contribution in [3.63, 3.8) is 0 Å². The highest BCUT2D eigenvalue weighted by Crippen LogP contribution is 2.39. The molecular formula is C17H15BrN2O3. The molecular weight excluding hydrogens is 360 g/mol. The van der Waals surface area contributed by atoms with E-state index in [4.69, 9.17) is 4.74 Å². The van der Waals surface area contributed by atoms with Crippen molar-refractivity contribution in [3.8, 4) is 5.75 Å². The fourth-order valence-electron chi connectivity index (χ4n) is 2.23. The number of anilines is 2. The highest BCUT2D eigenvalue weighted by molar-refractivity contribution is 9.10. The number of ether oxygens (including phenoxy) is 1. The van der Waals surface area contributed by atoms with E-state index in [2.05, 4.69) is 26.6 Å². The number of fused-ring (bicyclic) bond motifs is 1. The maximum atomic E-state index is 12.3. The largest absolute Gasteiger partial charge is 0.476 e. The van der Waals surface area contributed by atoms with Gasteiger partial charge in [-0.05, 0) is 50.2 Å². The van der Waals surface area contributed by atoms with Crippen LogP contribution in [0.1, 0.15) is 24.2 Å². The van der Waals surface area contributed by atoms with E-state index in [1.165, 1.54) is 0 Å². The maximum absolute atomic E-state index is 12.3. The summed E-state index contributed by atoms with van der Waals surface area (Å²) in [7, 11) is 0. The molecule has 0 atom stereocenters. The Hall–Kier alpha value is -2.34. The van der Waals surface area contributed by atoms with Crippen LogP contribution in [0.25, 0.3) is 0 Å². The zero-order chi connectivity index (χ0) is 16.6. The van der Waals surface area contributed by atoms with Gasteiger partial charge in [0, 0.05) is 10.0 Å². The molecule has 0 bridgehead atoms. The number of rotatable bonds is 2. The van der Waals surface area contributed by atoms with Crippen molar-refractivity contribution in [3.05, 3.63) is 52.5 Å². The molecule has 3 rings (SSSR count). The number of carbonyl (C=O) groups excluding carboxylic acids is 2. The summed E-state index contributed by atoms with van der Waals surface area (Å²) in [5.41, 5.74) is 0.553. The Kier molecular flexibility index (Phi) is 3.85. The Morgan fingerprint density at radius 3 is 2.57 bits per heavy atom. The average Bonchev–Trinajstić information content (AvgIpc) is 2.49. The number of nitrogens with one attached hydrogen (secondary N) is 2. The number of carbonyl (C=O) groups is 2. The summed E-state index contributed by atoms with van der Waals surface area (Å²) >= 11 is 3.33. The summed E-state index contributed by atoms with van der Waals surface area (Å²) in [6, 6.07) is 12.3. The van der Waals surface area contributed by atoms with Gasteiger partial charge in [0.05, 0.1) is 5.69 Å². The average molecular weight is 375 g/mol. The first-order valence-corrected chi connectivity index (χ1v) is 7.86. The third-order valence-corrected chi connectivity index (χ3v) is 4.06. The summed E-state index contributed by atoms with van der Waals surface area (Å²) in [6.07, 6.45) is 0. The third-order valence-electron chi connectivity index (χ3n) is 3.53. The van der Waals surface area contributed by atoms with Gasteiger partial charge in [-0.2, -0.15) is 0 Å². The molecule has 1 heterocycles. The van der Waals surface area contributed by atoms with Crippen molar-refractivity contribution in [2.75, 3.05) is 10.6 Å². The molecule has 2 aromatic carbocycles. The lowest BCUT2D eigenvalue weighted by molar-refractivity contribution is -0.129. The molecule has 0 aromatic heterocycles. The highest BCUT2D eigenvalue weighted by Gasteiger charge is 2.36. The van der Waals surface area contributed by atoms with Crippen LogP contribution < -0.4 is 15.4 Å². The Morgan fingerprint density at radius 2 is 1.87 bits per heavy atom. The molecule has 1 aliphatic rings. The molecule has 2 amide bonds. The molecule has 2 aromatic rings. The van der Waals surface area contributed by atoms with Gasteiger partial charge >= 0.3 is 0 Å². The Labute approximate surface area is 142 Å². The second kappa shape index (κ2) is 5.70. The molecule has 23 heavy (non-hydrogen) atoms. The second-order valence-corrected chi connectivity index (χ2v) is 6.62. The fourth-order valence-corrected chi connectivity index (χ4v) is 2.49.